The number of amides is 1. The monoisotopic (exact) mass is 370 g/mol. The van der Waals surface area contributed by atoms with E-state index in [0.29, 0.717) is 34.6 Å². The summed E-state index contributed by atoms with van der Waals surface area (Å²) in [7, 11) is 0. The van der Waals surface area contributed by atoms with Gasteiger partial charge in [-0.1, -0.05) is 13.8 Å². The van der Waals surface area contributed by atoms with E-state index in [-0.39, 0.29) is 12.2 Å². The highest BCUT2D eigenvalue weighted by molar-refractivity contribution is 7.13. The normalized spacial score (nSPS) is 10.9. The molecule has 2 N–H and O–H groups in total. The molecule has 3 heterocycles. The molecule has 0 fully saturated rings. The van der Waals surface area contributed by atoms with E-state index in [0.717, 1.165) is 0 Å². The number of aromatic nitrogens is 5. The Hall–Kier alpha value is -2.94. The molecule has 134 valence electrons. The number of thiazole rings is 1. The molecule has 3 aromatic heterocycles. The molecule has 0 saturated heterocycles. The van der Waals surface area contributed by atoms with E-state index in [1.807, 2.05) is 19.2 Å². The lowest BCUT2D eigenvalue weighted by molar-refractivity contribution is 0.0944. The Balaban J connectivity index is 1.67. The predicted octanol–water partition coefficient (Wildman–Crippen LogP) is 1.81. The van der Waals surface area contributed by atoms with Crippen LogP contribution < -0.4 is 11.0 Å². The molecule has 3 rings (SSSR count). The van der Waals surface area contributed by atoms with Crippen LogP contribution in [0.1, 0.15) is 35.7 Å². The molecular weight excluding hydrogens is 352 g/mol. The lowest BCUT2D eigenvalue weighted by atomic mass is 10.1. The van der Waals surface area contributed by atoms with E-state index >= 15 is 0 Å². The van der Waals surface area contributed by atoms with Crippen LogP contribution >= 0.6 is 11.3 Å². The van der Waals surface area contributed by atoms with Gasteiger partial charge in [-0.2, -0.15) is 4.98 Å². The molecule has 3 aromatic rings. The summed E-state index contributed by atoms with van der Waals surface area (Å²) in [5.74, 6) is 0.494. The van der Waals surface area contributed by atoms with Gasteiger partial charge in [0.1, 0.15) is 5.69 Å². The van der Waals surface area contributed by atoms with Crippen LogP contribution in [0.4, 0.5) is 0 Å². The second-order valence-corrected chi connectivity index (χ2v) is 6.95. The van der Waals surface area contributed by atoms with Gasteiger partial charge in [0, 0.05) is 23.5 Å². The zero-order chi connectivity index (χ0) is 18.5. The molecule has 0 aliphatic carbocycles. The average molecular weight is 370 g/mol. The molecule has 0 bridgehead atoms. The quantitative estimate of drug-likeness (QED) is 0.684. The molecule has 8 nitrogen and oxygen atoms in total. The van der Waals surface area contributed by atoms with Crippen molar-refractivity contribution in [1.29, 1.82) is 0 Å². The van der Waals surface area contributed by atoms with Gasteiger partial charge in [0.05, 0.1) is 12.2 Å². The SMILES string of the molecule is CC(C)Cc1cc(C(=O)NCc2csc(-c3ncccn3)n2)nc(=O)[nH]1. The topological polar surface area (TPSA) is 114 Å². The smallest absolute Gasteiger partial charge is 0.345 e. The van der Waals surface area contributed by atoms with Gasteiger partial charge in [-0.15, -0.1) is 11.3 Å². The van der Waals surface area contributed by atoms with Crippen molar-refractivity contribution in [2.75, 3.05) is 0 Å². The average Bonchev–Trinajstić information content (AvgIpc) is 3.08. The third kappa shape index (κ3) is 4.57. The molecule has 0 spiro atoms. The lowest BCUT2D eigenvalue weighted by Gasteiger charge is -2.07. The van der Waals surface area contributed by atoms with Crippen LogP contribution in [0.5, 0.6) is 0 Å². The van der Waals surface area contributed by atoms with Crippen LogP contribution in [-0.4, -0.2) is 30.8 Å². The van der Waals surface area contributed by atoms with Crippen molar-refractivity contribution in [3.63, 3.8) is 0 Å². The first-order valence-electron chi connectivity index (χ1n) is 8.11. The van der Waals surface area contributed by atoms with Crippen LogP contribution in [0.3, 0.4) is 0 Å². The fraction of sp³-hybridized carbons (Fsp3) is 0.294. The fourth-order valence-electron chi connectivity index (χ4n) is 2.34. The first kappa shape index (κ1) is 17.9. The van der Waals surface area contributed by atoms with Crippen molar-refractivity contribution >= 4 is 17.2 Å². The van der Waals surface area contributed by atoms with Crippen molar-refractivity contribution in [2.24, 2.45) is 5.92 Å². The Kier molecular flexibility index (Phi) is 5.47. The van der Waals surface area contributed by atoms with Gasteiger partial charge in [-0.05, 0) is 24.5 Å². The summed E-state index contributed by atoms with van der Waals surface area (Å²) >= 11 is 1.40. The van der Waals surface area contributed by atoms with E-state index in [9.17, 15) is 9.59 Å². The Morgan fingerprint density at radius 2 is 2.04 bits per heavy atom. The zero-order valence-electron chi connectivity index (χ0n) is 14.4. The number of carbonyl (C=O) groups excluding carboxylic acids is 1. The summed E-state index contributed by atoms with van der Waals surface area (Å²) in [6.07, 6.45) is 3.97. The van der Waals surface area contributed by atoms with Gasteiger partial charge in [-0.25, -0.2) is 19.7 Å². The molecule has 26 heavy (non-hydrogen) atoms. The molecule has 0 unspecified atom stereocenters. The maximum Gasteiger partial charge on any atom is 0.345 e. The largest absolute Gasteiger partial charge is 0.345 e. The maximum absolute atomic E-state index is 12.3. The molecule has 0 aliphatic heterocycles. The third-order valence-corrected chi connectivity index (χ3v) is 4.29. The van der Waals surface area contributed by atoms with E-state index < -0.39 is 11.6 Å². The van der Waals surface area contributed by atoms with E-state index in [1.165, 1.54) is 11.3 Å². The van der Waals surface area contributed by atoms with Gasteiger partial charge >= 0.3 is 5.69 Å². The summed E-state index contributed by atoms with van der Waals surface area (Å²) < 4.78 is 0. The first-order valence-corrected chi connectivity index (χ1v) is 8.99. The summed E-state index contributed by atoms with van der Waals surface area (Å²) in [4.78, 5) is 43.1. The van der Waals surface area contributed by atoms with E-state index in [2.05, 4.69) is 30.2 Å². The molecular formula is C17H18N6O2S. The Bertz CT molecular complexity index is 951. The first-order chi connectivity index (χ1) is 12.5. The van der Waals surface area contributed by atoms with Crippen LogP contribution in [0, 0.1) is 5.92 Å². The van der Waals surface area contributed by atoms with Crippen molar-refractivity contribution in [3.05, 3.63) is 57.5 Å². The summed E-state index contributed by atoms with van der Waals surface area (Å²) in [5.41, 5.74) is 0.970. The summed E-state index contributed by atoms with van der Waals surface area (Å²) in [6.45, 7) is 4.31. The van der Waals surface area contributed by atoms with Crippen molar-refractivity contribution in [3.8, 4) is 10.8 Å². The number of rotatable bonds is 6. The highest BCUT2D eigenvalue weighted by atomic mass is 32.1. The van der Waals surface area contributed by atoms with Gasteiger partial charge in [-0.3, -0.25) is 4.79 Å². The van der Waals surface area contributed by atoms with Crippen LogP contribution in [0.25, 0.3) is 10.8 Å². The number of H-pyrrole nitrogens is 1. The number of hydrogen-bond acceptors (Lipinski definition) is 7. The molecule has 0 saturated carbocycles. The van der Waals surface area contributed by atoms with E-state index in [1.54, 1.807) is 24.5 Å². The number of nitrogens with one attached hydrogen (secondary N) is 2. The minimum absolute atomic E-state index is 0.103. The number of hydrogen-bond donors (Lipinski definition) is 2. The second-order valence-electron chi connectivity index (χ2n) is 6.09. The Labute approximate surface area is 153 Å². The van der Waals surface area contributed by atoms with Gasteiger partial charge in [0.15, 0.2) is 10.8 Å². The molecule has 0 aromatic carbocycles. The summed E-state index contributed by atoms with van der Waals surface area (Å²) in [5, 5.41) is 5.26. The Morgan fingerprint density at radius 1 is 1.27 bits per heavy atom. The number of aromatic amines is 1. The third-order valence-electron chi connectivity index (χ3n) is 3.40. The van der Waals surface area contributed by atoms with Crippen LogP contribution in [0.15, 0.2) is 34.7 Å². The van der Waals surface area contributed by atoms with Crippen LogP contribution in [0.2, 0.25) is 0 Å². The van der Waals surface area contributed by atoms with Gasteiger partial charge < -0.3 is 10.3 Å². The minimum atomic E-state index is -0.523. The predicted molar refractivity (Wildman–Crippen MR) is 97.7 cm³/mol. The number of nitrogens with zero attached hydrogens (tertiary/aromatic N) is 4. The van der Waals surface area contributed by atoms with Crippen LogP contribution in [-0.2, 0) is 13.0 Å². The molecule has 0 radical (unpaired) electrons. The fourth-order valence-corrected chi connectivity index (χ4v) is 3.10. The second kappa shape index (κ2) is 7.96. The van der Waals surface area contributed by atoms with E-state index in [4.69, 9.17) is 0 Å². The Morgan fingerprint density at radius 3 is 2.77 bits per heavy atom. The van der Waals surface area contributed by atoms with Crippen molar-refractivity contribution in [2.45, 2.75) is 26.8 Å². The molecule has 1 amide bonds. The molecule has 9 heteroatoms. The molecule has 0 aliphatic rings. The summed E-state index contributed by atoms with van der Waals surface area (Å²) in [6, 6.07) is 3.35. The van der Waals surface area contributed by atoms with Crippen molar-refractivity contribution in [1.82, 2.24) is 30.2 Å². The highest BCUT2D eigenvalue weighted by Gasteiger charge is 2.12. The standard InChI is InChI=1S/C17H18N6O2S/c1-10(2)6-11-7-13(23-17(25)22-11)15(24)20-8-12-9-26-16(21-12)14-18-4-3-5-19-14/h3-5,7,9-10H,6,8H2,1-2H3,(H,20,24)(H,22,23,25). The zero-order valence-corrected chi connectivity index (χ0v) is 15.2. The van der Waals surface area contributed by atoms with Gasteiger partial charge in [0.2, 0.25) is 0 Å². The minimum Gasteiger partial charge on any atom is -0.345 e. The lowest BCUT2D eigenvalue weighted by Crippen LogP contribution is -2.27. The maximum atomic E-state index is 12.3. The van der Waals surface area contributed by atoms with Gasteiger partial charge in [0.25, 0.3) is 5.91 Å². The van der Waals surface area contributed by atoms with Crippen molar-refractivity contribution < 1.29 is 4.79 Å². The molecule has 0 atom stereocenters. The highest BCUT2D eigenvalue weighted by Crippen LogP contribution is 2.19. The number of carbonyl (C=O) groups is 1.